The number of halogens is 1. The van der Waals surface area contributed by atoms with Gasteiger partial charge in [0, 0.05) is 16.5 Å². The van der Waals surface area contributed by atoms with Crippen LogP contribution in [0.4, 0.5) is 0 Å². The molecule has 144 valence electrons. The highest BCUT2D eigenvalue weighted by atomic mass is 79.9. The minimum absolute atomic E-state index is 0.337. The molecular formula is C27H23BrO. The Morgan fingerprint density at radius 1 is 0.690 bits per heavy atom. The van der Waals surface area contributed by atoms with Crippen molar-refractivity contribution in [3.05, 3.63) is 137 Å². The molecule has 0 aliphatic heterocycles. The lowest BCUT2D eigenvalue weighted by Gasteiger charge is -2.37. The molecular weight excluding hydrogens is 420 g/mol. The molecule has 4 aromatic carbocycles. The Morgan fingerprint density at radius 2 is 1.10 bits per heavy atom. The van der Waals surface area contributed by atoms with Gasteiger partial charge in [-0.15, -0.1) is 0 Å². The minimum atomic E-state index is -0.628. The van der Waals surface area contributed by atoms with Crippen molar-refractivity contribution in [3.8, 4) is 5.75 Å². The third-order valence-corrected chi connectivity index (χ3v) is 6.11. The van der Waals surface area contributed by atoms with Crippen molar-refractivity contribution in [3.63, 3.8) is 0 Å². The Kier molecular flexibility index (Phi) is 5.55. The van der Waals surface area contributed by atoms with Gasteiger partial charge in [-0.25, -0.2) is 0 Å². The highest BCUT2D eigenvalue weighted by Gasteiger charge is 2.40. The molecule has 0 unspecified atom stereocenters. The van der Waals surface area contributed by atoms with E-state index in [1.165, 1.54) is 0 Å². The smallest absolute Gasteiger partial charge is 0.124 e. The van der Waals surface area contributed by atoms with Crippen molar-refractivity contribution in [1.29, 1.82) is 0 Å². The van der Waals surface area contributed by atoms with Crippen LogP contribution in [-0.4, -0.2) is 5.11 Å². The molecule has 0 atom stereocenters. The molecule has 1 nitrogen and oxygen atoms in total. The van der Waals surface area contributed by atoms with Crippen molar-refractivity contribution in [2.45, 2.75) is 17.7 Å². The summed E-state index contributed by atoms with van der Waals surface area (Å²) in [5.74, 6) is 0.337. The standard InChI is InChI=1S/C27H23BrO/c1-20-17-21(19-28)26(29)25(18-20)27(22-11-5-2-6-12-22,23-13-7-3-8-14-23)24-15-9-4-10-16-24/h2-18,29H,19H2,1H3. The van der Waals surface area contributed by atoms with Gasteiger partial charge in [0.25, 0.3) is 0 Å². The van der Waals surface area contributed by atoms with Gasteiger partial charge in [0.2, 0.25) is 0 Å². The summed E-state index contributed by atoms with van der Waals surface area (Å²) in [6.07, 6.45) is 0. The minimum Gasteiger partial charge on any atom is -0.507 e. The molecule has 4 rings (SSSR count). The fraction of sp³-hybridized carbons (Fsp3) is 0.111. The van der Waals surface area contributed by atoms with Crippen LogP contribution in [0.15, 0.2) is 103 Å². The molecule has 2 heteroatoms. The average molecular weight is 443 g/mol. The van der Waals surface area contributed by atoms with Crippen molar-refractivity contribution in [2.75, 3.05) is 0 Å². The summed E-state index contributed by atoms with van der Waals surface area (Å²) >= 11 is 3.55. The first-order valence-corrected chi connectivity index (χ1v) is 10.9. The molecule has 0 saturated heterocycles. The lowest BCUT2D eigenvalue weighted by molar-refractivity contribution is 0.456. The van der Waals surface area contributed by atoms with Crippen molar-refractivity contribution in [2.24, 2.45) is 0 Å². The van der Waals surface area contributed by atoms with Gasteiger partial charge in [-0.05, 0) is 23.6 Å². The third-order valence-electron chi connectivity index (χ3n) is 5.50. The van der Waals surface area contributed by atoms with Crippen LogP contribution >= 0.6 is 15.9 Å². The van der Waals surface area contributed by atoms with Crippen molar-refractivity contribution >= 4 is 15.9 Å². The molecule has 0 amide bonds. The number of benzene rings is 4. The van der Waals surface area contributed by atoms with Crippen LogP contribution in [0.5, 0.6) is 5.75 Å². The number of phenols is 1. The molecule has 0 radical (unpaired) electrons. The number of rotatable bonds is 5. The molecule has 0 fully saturated rings. The van der Waals surface area contributed by atoms with Gasteiger partial charge in [-0.1, -0.05) is 125 Å². The van der Waals surface area contributed by atoms with Crippen LogP contribution in [0.1, 0.15) is 33.4 Å². The molecule has 1 N–H and O–H groups in total. The summed E-state index contributed by atoms with van der Waals surface area (Å²) in [7, 11) is 0. The number of hydrogen-bond acceptors (Lipinski definition) is 1. The van der Waals surface area contributed by atoms with Gasteiger partial charge in [0.1, 0.15) is 5.75 Å². The Morgan fingerprint density at radius 3 is 1.48 bits per heavy atom. The van der Waals surface area contributed by atoms with E-state index in [4.69, 9.17) is 0 Å². The van der Waals surface area contributed by atoms with E-state index in [0.29, 0.717) is 11.1 Å². The van der Waals surface area contributed by atoms with Crippen LogP contribution in [0.2, 0.25) is 0 Å². The van der Waals surface area contributed by atoms with E-state index in [9.17, 15) is 5.11 Å². The summed E-state index contributed by atoms with van der Waals surface area (Å²) in [4.78, 5) is 0. The van der Waals surface area contributed by atoms with Crippen LogP contribution in [0, 0.1) is 6.92 Å². The molecule has 0 aromatic heterocycles. The van der Waals surface area contributed by atoms with Crippen LogP contribution < -0.4 is 0 Å². The van der Waals surface area contributed by atoms with E-state index in [0.717, 1.165) is 33.4 Å². The van der Waals surface area contributed by atoms with Gasteiger partial charge in [0.15, 0.2) is 0 Å². The number of aromatic hydroxyl groups is 1. The molecule has 0 spiro atoms. The zero-order chi connectivity index (χ0) is 20.3. The summed E-state index contributed by atoms with van der Waals surface area (Å²) in [5, 5.41) is 12.0. The van der Waals surface area contributed by atoms with Gasteiger partial charge in [0.05, 0.1) is 5.41 Å². The van der Waals surface area contributed by atoms with Crippen LogP contribution in [0.25, 0.3) is 0 Å². The molecule has 4 aromatic rings. The number of hydrogen-bond donors (Lipinski definition) is 1. The molecule has 0 aliphatic rings. The predicted molar refractivity (Wildman–Crippen MR) is 124 cm³/mol. The largest absolute Gasteiger partial charge is 0.507 e. The number of alkyl halides is 1. The summed E-state index contributed by atoms with van der Waals surface area (Å²) in [5.41, 5.74) is 5.66. The van der Waals surface area contributed by atoms with E-state index in [1.807, 2.05) is 24.3 Å². The highest BCUT2D eigenvalue weighted by molar-refractivity contribution is 9.08. The zero-order valence-electron chi connectivity index (χ0n) is 16.3. The number of aryl methyl sites for hydroxylation is 1. The Labute approximate surface area is 180 Å². The maximum Gasteiger partial charge on any atom is 0.124 e. The topological polar surface area (TPSA) is 20.2 Å². The Hall–Kier alpha value is -2.84. The third kappa shape index (κ3) is 3.38. The van der Waals surface area contributed by atoms with Crippen molar-refractivity contribution < 1.29 is 5.11 Å². The number of phenolic OH excluding ortho intramolecular Hbond substituents is 1. The molecule has 0 aliphatic carbocycles. The molecule has 0 bridgehead atoms. The van der Waals surface area contributed by atoms with Crippen LogP contribution in [0.3, 0.4) is 0 Å². The predicted octanol–water partition coefficient (Wildman–Crippen LogP) is 6.98. The maximum atomic E-state index is 11.4. The zero-order valence-corrected chi connectivity index (χ0v) is 17.9. The SMILES string of the molecule is Cc1cc(CBr)c(O)c(C(c2ccccc2)(c2ccccc2)c2ccccc2)c1. The normalized spacial score (nSPS) is 11.4. The van der Waals surface area contributed by atoms with Crippen LogP contribution in [-0.2, 0) is 10.7 Å². The fourth-order valence-corrected chi connectivity index (χ4v) is 4.70. The van der Waals surface area contributed by atoms with E-state index in [-0.39, 0.29) is 0 Å². The van der Waals surface area contributed by atoms with E-state index >= 15 is 0 Å². The highest BCUT2D eigenvalue weighted by Crippen LogP contribution is 2.49. The second kappa shape index (κ2) is 8.26. The van der Waals surface area contributed by atoms with E-state index in [1.54, 1.807) is 0 Å². The Balaban J connectivity index is 2.20. The first-order valence-electron chi connectivity index (χ1n) is 9.73. The van der Waals surface area contributed by atoms with Gasteiger partial charge >= 0.3 is 0 Å². The second-order valence-corrected chi connectivity index (χ2v) is 7.86. The lowest BCUT2D eigenvalue weighted by atomic mass is 9.64. The molecule has 0 heterocycles. The fourth-order valence-electron chi connectivity index (χ4n) is 4.27. The average Bonchev–Trinajstić information content (AvgIpc) is 2.78. The summed E-state index contributed by atoms with van der Waals surface area (Å²) in [6, 6.07) is 35.5. The van der Waals surface area contributed by atoms with Gasteiger partial charge in [-0.2, -0.15) is 0 Å². The summed E-state index contributed by atoms with van der Waals surface area (Å²) < 4.78 is 0. The first kappa shape index (κ1) is 19.5. The van der Waals surface area contributed by atoms with Gasteiger partial charge in [-0.3, -0.25) is 0 Å². The quantitative estimate of drug-likeness (QED) is 0.261. The maximum absolute atomic E-state index is 11.4. The van der Waals surface area contributed by atoms with Gasteiger partial charge < -0.3 is 5.11 Å². The lowest BCUT2D eigenvalue weighted by Crippen LogP contribution is -2.31. The van der Waals surface area contributed by atoms with E-state index in [2.05, 4.69) is 102 Å². The molecule has 29 heavy (non-hydrogen) atoms. The van der Waals surface area contributed by atoms with Crippen molar-refractivity contribution in [1.82, 2.24) is 0 Å². The monoisotopic (exact) mass is 442 g/mol. The summed E-state index contributed by atoms with van der Waals surface area (Å²) in [6.45, 7) is 2.08. The second-order valence-electron chi connectivity index (χ2n) is 7.30. The molecule has 0 saturated carbocycles. The Bertz CT molecular complexity index is 993. The first-order chi connectivity index (χ1) is 14.2. The van der Waals surface area contributed by atoms with E-state index < -0.39 is 5.41 Å².